The zero-order valence-electron chi connectivity index (χ0n) is 7.83. The number of hydrogen-bond donors (Lipinski definition) is 1. The Labute approximate surface area is 92.1 Å². The van der Waals surface area contributed by atoms with Crippen LogP contribution in [0.1, 0.15) is 5.56 Å². The lowest BCUT2D eigenvalue weighted by molar-refractivity contribution is 0.971. The Kier molecular flexibility index (Phi) is 2.85. The van der Waals surface area contributed by atoms with Crippen LogP contribution in [0.5, 0.6) is 0 Å². The Morgan fingerprint density at radius 2 is 1.79 bits per heavy atom. The predicted octanol–water partition coefficient (Wildman–Crippen LogP) is 3.10. The van der Waals surface area contributed by atoms with Crippen LogP contribution >= 0.6 is 15.9 Å². The van der Waals surface area contributed by atoms with E-state index in [0.717, 1.165) is 10.9 Å². The molecule has 0 radical (unpaired) electrons. The van der Waals surface area contributed by atoms with Gasteiger partial charge in [0, 0.05) is 4.47 Å². The van der Waals surface area contributed by atoms with E-state index in [2.05, 4.69) is 52.3 Å². The molecule has 2 N–H and O–H groups in total. The average molecular weight is 250 g/mol. The highest BCUT2D eigenvalue weighted by molar-refractivity contribution is 9.10. The van der Waals surface area contributed by atoms with Crippen LogP contribution in [0, 0.1) is 0 Å². The maximum atomic E-state index is 5.53. The van der Waals surface area contributed by atoms with Crippen molar-refractivity contribution in [3.8, 4) is 0 Å². The molecule has 0 aliphatic heterocycles. The molecule has 2 heteroatoms. The highest BCUT2D eigenvalue weighted by Gasteiger charge is 1.96. The Balaban J connectivity index is 2.52. The van der Waals surface area contributed by atoms with Gasteiger partial charge in [0.15, 0.2) is 0 Å². The summed E-state index contributed by atoms with van der Waals surface area (Å²) in [5.74, 6) is 0. The van der Waals surface area contributed by atoms with Crippen LogP contribution in [0.25, 0.3) is 10.8 Å². The fourth-order valence-corrected chi connectivity index (χ4v) is 1.97. The summed E-state index contributed by atoms with van der Waals surface area (Å²) < 4.78 is 1.12. The Morgan fingerprint density at radius 3 is 2.57 bits per heavy atom. The zero-order chi connectivity index (χ0) is 9.97. The molecule has 0 aromatic heterocycles. The lowest BCUT2D eigenvalue weighted by Crippen LogP contribution is -2.02. The van der Waals surface area contributed by atoms with Gasteiger partial charge in [0.2, 0.25) is 0 Å². The van der Waals surface area contributed by atoms with Crippen LogP contribution < -0.4 is 5.73 Å². The molecule has 14 heavy (non-hydrogen) atoms. The highest BCUT2D eigenvalue weighted by Crippen LogP contribution is 2.20. The van der Waals surface area contributed by atoms with Gasteiger partial charge in [-0.15, -0.1) is 0 Å². The Hall–Kier alpha value is -0.860. The molecule has 0 heterocycles. The van der Waals surface area contributed by atoms with Crippen LogP contribution in [0.4, 0.5) is 0 Å². The van der Waals surface area contributed by atoms with Gasteiger partial charge in [-0.05, 0) is 41.4 Å². The maximum absolute atomic E-state index is 5.53. The van der Waals surface area contributed by atoms with Crippen molar-refractivity contribution >= 4 is 26.7 Å². The molecular weight excluding hydrogens is 238 g/mol. The van der Waals surface area contributed by atoms with Gasteiger partial charge in [0.05, 0.1) is 0 Å². The van der Waals surface area contributed by atoms with E-state index in [1.54, 1.807) is 0 Å². The second-order valence-electron chi connectivity index (χ2n) is 3.36. The normalized spacial score (nSPS) is 10.7. The molecular formula is C12H12BrN. The van der Waals surface area contributed by atoms with Crippen LogP contribution in [0.2, 0.25) is 0 Å². The predicted molar refractivity (Wildman–Crippen MR) is 64.4 cm³/mol. The van der Waals surface area contributed by atoms with Crippen molar-refractivity contribution in [1.29, 1.82) is 0 Å². The van der Waals surface area contributed by atoms with E-state index in [1.165, 1.54) is 16.3 Å². The first-order valence-corrected chi connectivity index (χ1v) is 5.47. The van der Waals surface area contributed by atoms with Gasteiger partial charge < -0.3 is 5.73 Å². The van der Waals surface area contributed by atoms with Gasteiger partial charge in [-0.1, -0.05) is 40.2 Å². The number of hydrogen-bond acceptors (Lipinski definition) is 1. The van der Waals surface area contributed by atoms with Crippen molar-refractivity contribution in [3.05, 3.63) is 46.4 Å². The largest absolute Gasteiger partial charge is 0.330 e. The second-order valence-corrected chi connectivity index (χ2v) is 4.28. The zero-order valence-corrected chi connectivity index (χ0v) is 9.42. The summed E-state index contributed by atoms with van der Waals surface area (Å²) >= 11 is 3.47. The molecule has 2 aromatic rings. The summed E-state index contributed by atoms with van der Waals surface area (Å²) in [6, 6.07) is 12.8. The minimum absolute atomic E-state index is 0.708. The summed E-state index contributed by atoms with van der Waals surface area (Å²) in [6.45, 7) is 0.708. The molecule has 0 atom stereocenters. The van der Waals surface area contributed by atoms with E-state index < -0.39 is 0 Å². The van der Waals surface area contributed by atoms with E-state index in [1.807, 2.05) is 0 Å². The molecule has 2 rings (SSSR count). The summed E-state index contributed by atoms with van der Waals surface area (Å²) in [5.41, 5.74) is 6.83. The van der Waals surface area contributed by atoms with Gasteiger partial charge >= 0.3 is 0 Å². The smallest absolute Gasteiger partial charge is 0.0181 e. The summed E-state index contributed by atoms with van der Waals surface area (Å²) in [5, 5.41) is 2.54. The van der Waals surface area contributed by atoms with Gasteiger partial charge in [-0.3, -0.25) is 0 Å². The number of nitrogens with two attached hydrogens (primary N) is 1. The minimum atomic E-state index is 0.708. The average Bonchev–Trinajstić information content (AvgIpc) is 2.17. The molecule has 0 saturated heterocycles. The molecule has 0 aliphatic rings. The third kappa shape index (κ3) is 1.97. The second kappa shape index (κ2) is 4.11. The Morgan fingerprint density at radius 1 is 1.00 bits per heavy atom. The van der Waals surface area contributed by atoms with Crippen LogP contribution in [-0.2, 0) is 6.42 Å². The summed E-state index contributed by atoms with van der Waals surface area (Å²) in [7, 11) is 0. The van der Waals surface area contributed by atoms with Gasteiger partial charge in [-0.2, -0.15) is 0 Å². The fraction of sp³-hybridized carbons (Fsp3) is 0.167. The van der Waals surface area contributed by atoms with Crippen LogP contribution in [0.15, 0.2) is 40.9 Å². The molecule has 2 aromatic carbocycles. The topological polar surface area (TPSA) is 26.0 Å². The van der Waals surface area contributed by atoms with E-state index in [4.69, 9.17) is 5.73 Å². The highest BCUT2D eigenvalue weighted by atomic mass is 79.9. The van der Waals surface area contributed by atoms with Crippen molar-refractivity contribution in [2.24, 2.45) is 5.73 Å². The number of rotatable bonds is 2. The van der Waals surface area contributed by atoms with E-state index in [0.29, 0.717) is 6.54 Å². The first kappa shape index (κ1) is 9.69. The number of fused-ring (bicyclic) bond motifs is 1. The first-order chi connectivity index (χ1) is 6.79. The summed E-state index contributed by atoms with van der Waals surface area (Å²) in [6.07, 6.45) is 0.947. The van der Waals surface area contributed by atoms with E-state index in [9.17, 15) is 0 Å². The molecule has 0 aliphatic carbocycles. The third-order valence-electron chi connectivity index (χ3n) is 2.30. The molecule has 0 fully saturated rings. The van der Waals surface area contributed by atoms with Gasteiger partial charge in [0.25, 0.3) is 0 Å². The van der Waals surface area contributed by atoms with Gasteiger partial charge in [0.1, 0.15) is 0 Å². The van der Waals surface area contributed by atoms with Crippen LogP contribution in [-0.4, -0.2) is 6.54 Å². The first-order valence-electron chi connectivity index (χ1n) is 4.68. The number of benzene rings is 2. The minimum Gasteiger partial charge on any atom is -0.330 e. The summed E-state index contributed by atoms with van der Waals surface area (Å²) in [4.78, 5) is 0. The molecule has 0 amide bonds. The van der Waals surface area contributed by atoms with Gasteiger partial charge in [-0.25, -0.2) is 0 Å². The van der Waals surface area contributed by atoms with Crippen molar-refractivity contribution in [2.75, 3.05) is 6.54 Å². The van der Waals surface area contributed by atoms with E-state index in [-0.39, 0.29) is 0 Å². The standard InChI is InChI=1S/C12H12BrN/c13-12-4-3-10-2-1-9(5-6-14)7-11(10)8-12/h1-4,7-8H,5-6,14H2. The molecule has 0 saturated carbocycles. The van der Waals surface area contributed by atoms with Crippen molar-refractivity contribution < 1.29 is 0 Å². The lowest BCUT2D eigenvalue weighted by atomic mass is 10.1. The molecule has 0 bridgehead atoms. The lowest BCUT2D eigenvalue weighted by Gasteiger charge is -2.02. The van der Waals surface area contributed by atoms with E-state index >= 15 is 0 Å². The Bertz CT molecular complexity index is 451. The molecule has 0 spiro atoms. The fourth-order valence-electron chi connectivity index (χ4n) is 1.59. The SMILES string of the molecule is NCCc1ccc2ccc(Br)cc2c1. The monoisotopic (exact) mass is 249 g/mol. The molecule has 1 nitrogen and oxygen atoms in total. The van der Waals surface area contributed by atoms with Crippen LogP contribution in [0.3, 0.4) is 0 Å². The number of halogens is 1. The maximum Gasteiger partial charge on any atom is 0.0181 e. The molecule has 0 unspecified atom stereocenters. The third-order valence-corrected chi connectivity index (χ3v) is 2.79. The molecule has 72 valence electrons. The van der Waals surface area contributed by atoms with Crippen molar-refractivity contribution in [2.45, 2.75) is 6.42 Å². The van der Waals surface area contributed by atoms with Crippen molar-refractivity contribution in [3.63, 3.8) is 0 Å². The van der Waals surface area contributed by atoms with Crippen molar-refractivity contribution in [1.82, 2.24) is 0 Å². The quantitative estimate of drug-likeness (QED) is 0.870.